The van der Waals surface area contributed by atoms with E-state index in [4.69, 9.17) is 4.99 Å². The summed E-state index contributed by atoms with van der Waals surface area (Å²) in [6.07, 6.45) is 3.86. The lowest BCUT2D eigenvalue weighted by molar-refractivity contribution is -0.131. The van der Waals surface area contributed by atoms with Crippen molar-refractivity contribution in [1.29, 1.82) is 0 Å². The number of aliphatic imine (C=N–C) groups is 1. The van der Waals surface area contributed by atoms with Crippen molar-refractivity contribution < 1.29 is 4.79 Å². The molecular formula is C21H32N4O. The van der Waals surface area contributed by atoms with Crippen molar-refractivity contribution >= 4 is 11.9 Å². The Morgan fingerprint density at radius 1 is 1.15 bits per heavy atom. The summed E-state index contributed by atoms with van der Waals surface area (Å²) < 4.78 is 0. The number of guanidine groups is 1. The molecular weight excluding hydrogens is 324 g/mol. The maximum absolute atomic E-state index is 12.5. The SMILES string of the molecule is CCNC(=NCCCC(=O)N1Cc2ccccc2C1)N1CCC(C)CC1. The molecule has 0 aromatic heterocycles. The molecule has 3 rings (SSSR count). The molecule has 5 heteroatoms. The molecule has 0 unspecified atom stereocenters. The number of fused-ring (bicyclic) bond motifs is 1. The smallest absolute Gasteiger partial charge is 0.223 e. The highest BCUT2D eigenvalue weighted by molar-refractivity contribution is 5.80. The van der Waals surface area contributed by atoms with E-state index in [1.54, 1.807) is 0 Å². The van der Waals surface area contributed by atoms with Gasteiger partial charge in [-0.3, -0.25) is 9.79 Å². The Bertz CT molecular complexity index is 610. The summed E-state index contributed by atoms with van der Waals surface area (Å²) in [4.78, 5) is 21.6. The first-order chi connectivity index (χ1) is 12.7. The lowest BCUT2D eigenvalue weighted by atomic mass is 10.00. The molecule has 0 radical (unpaired) electrons. The highest BCUT2D eigenvalue weighted by atomic mass is 16.2. The summed E-state index contributed by atoms with van der Waals surface area (Å²) in [5, 5.41) is 3.40. The molecule has 1 saturated heterocycles. The number of amides is 1. The third-order valence-electron chi connectivity index (χ3n) is 5.42. The van der Waals surface area contributed by atoms with Crippen molar-refractivity contribution in [1.82, 2.24) is 15.1 Å². The molecule has 2 heterocycles. The van der Waals surface area contributed by atoms with Crippen molar-refractivity contribution in [2.45, 2.75) is 52.6 Å². The van der Waals surface area contributed by atoms with E-state index >= 15 is 0 Å². The van der Waals surface area contributed by atoms with E-state index in [9.17, 15) is 4.79 Å². The second kappa shape index (κ2) is 9.06. The molecule has 1 N–H and O–H groups in total. The zero-order valence-electron chi connectivity index (χ0n) is 16.2. The highest BCUT2D eigenvalue weighted by Crippen LogP contribution is 2.23. The summed E-state index contributed by atoms with van der Waals surface area (Å²) >= 11 is 0. The second-order valence-corrected chi connectivity index (χ2v) is 7.53. The number of nitrogens with zero attached hydrogens (tertiary/aromatic N) is 3. The molecule has 0 saturated carbocycles. The molecule has 26 heavy (non-hydrogen) atoms. The first-order valence-electron chi connectivity index (χ1n) is 10.0. The number of carbonyl (C=O) groups excluding carboxylic acids is 1. The number of carbonyl (C=O) groups is 1. The predicted molar refractivity (Wildman–Crippen MR) is 106 cm³/mol. The Morgan fingerprint density at radius 3 is 2.42 bits per heavy atom. The van der Waals surface area contributed by atoms with Crippen molar-refractivity contribution in [2.24, 2.45) is 10.9 Å². The molecule has 2 aliphatic heterocycles. The monoisotopic (exact) mass is 356 g/mol. The summed E-state index contributed by atoms with van der Waals surface area (Å²) in [5.41, 5.74) is 2.57. The minimum absolute atomic E-state index is 0.244. The van der Waals surface area contributed by atoms with E-state index in [2.05, 4.69) is 36.2 Å². The largest absolute Gasteiger partial charge is 0.357 e. The number of piperidine rings is 1. The number of benzene rings is 1. The van der Waals surface area contributed by atoms with Crippen LogP contribution in [0.4, 0.5) is 0 Å². The van der Waals surface area contributed by atoms with Gasteiger partial charge in [-0.15, -0.1) is 0 Å². The van der Waals surface area contributed by atoms with Crippen LogP contribution in [0.25, 0.3) is 0 Å². The van der Waals surface area contributed by atoms with Crippen LogP contribution in [0.1, 0.15) is 50.7 Å². The van der Waals surface area contributed by atoms with Gasteiger partial charge in [0.25, 0.3) is 0 Å². The fourth-order valence-corrected chi connectivity index (χ4v) is 3.73. The van der Waals surface area contributed by atoms with Crippen LogP contribution in [-0.4, -0.2) is 47.8 Å². The maximum atomic E-state index is 12.5. The minimum Gasteiger partial charge on any atom is -0.357 e. The van der Waals surface area contributed by atoms with Crippen molar-refractivity contribution in [3.05, 3.63) is 35.4 Å². The summed E-state index contributed by atoms with van der Waals surface area (Å²) in [6.45, 7) is 9.70. The van der Waals surface area contributed by atoms with Gasteiger partial charge >= 0.3 is 0 Å². The van der Waals surface area contributed by atoms with Gasteiger partial charge in [0, 0.05) is 45.7 Å². The number of hydrogen-bond acceptors (Lipinski definition) is 2. The standard InChI is InChI=1S/C21H32N4O/c1-3-22-21(24-13-10-17(2)11-14-24)23-12-6-9-20(26)25-15-18-7-4-5-8-19(18)16-25/h4-5,7-8,17H,3,6,9-16H2,1-2H3,(H,22,23). The molecule has 0 spiro atoms. The Balaban J connectivity index is 1.44. The van der Waals surface area contributed by atoms with Crippen LogP contribution in [0.2, 0.25) is 0 Å². The van der Waals surface area contributed by atoms with Crippen LogP contribution < -0.4 is 5.32 Å². The predicted octanol–water partition coefficient (Wildman–Crippen LogP) is 3.01. The van der Waals surface area contributed by atoms with Crippen LogP contribution in [-0.2, 0) is 17.9 Å². The molecule has 0 atom stereocenters. The van der Waals surface area contributed by atoms with Crippen LogP contribution in [0.15, 0.2) is 29.3 Å². The first-order valence-corrected chi connectivity index (χ1v) is 10.0. The summed E-state index contributed by atoms with van der Waals surface area (Å²) in [6, 6.07) is 8.33. The van der Waals surface area contributed by atoms with Gasteiger partial charge in [-0.1, -0.05) is 31.2 Å². The van der Waals surface area contributed by atoms with Crippen molar-refractivity contribution in [2.75, 3.05) is 26.2 Å². The Labute approximate surface area is 157 Å². The molecule has 1 amide bonds. The zero-order chi connectivity index (χ0) is 18.4. The van der Waals surface area contributed by atoms with Gasteiger partial charge < -0.3 is 15.1 Å². The number of likely N-dealkylation sites (tertiary alicyclic amines) is 1. The molecule has 1 fully saturated rings. The first kappa shape index (κ1) is 18.7. The number of nitrogens with one attached hydrogen (secondary N) is 1. The van der Waals surface area contributed by atoms with Crippen LogP contribution in [0.5, 0.6) is 0 Å². The highest BCUT2D eigenvalue weighted by Gasteiger charge is 2.22. The van der Waals surface area contributed by atoms with E-state index in [0.29, 0.717) is 13.0 Å². The van der Waals surface area contributed by atoms with Crippen molar-refractivity contribution in [3.63, 3.8) is 0 Å². The molecule has 2 aliphatic rings. The average Bonchev–Trinajstić information content (AvgIpc) is 3.09. The molecule has 0 aliphatic carbocycles. The van der Waals surface area contributed by atoms with Crippen LogP contribution in [0, 0.1) is 5.92 Å². The third-order valence-corrected chi connectivity index (χ3v) is 5.42. The Hall–Kier alpha value is -2.04. The van der Waals surface area contributed by atoms with E-state index in [1.165, 1.54) is 24.0 Å². The average molecular weight is 357 g/mol. The Morgan fingerprint density at radius 2 is 1.81 bits per heavy atom. The molecule has 5 nitrogen and oxygen atoms in total. The van der Waals surface area contributed by atoms with Crippen molar-refractivity contribution in [3.8, 4) is 0 Å². The van der Waals surface area contributed by atoms with Gasteiger partial charge in [-0.2, -0.15) is 0 Å². The zero-order valence-corrected chi connectivity index (χ0v) is 16.2. The van der Waals surface area contributed by atoms with Crippen LogP contribution >= 0.6 is 0 Å². The molecule has 0 bridgehead atoms. The number of rotatable bonds is 5. The van der Waals surface area contributed by atoms with E-state index in [1.807, 2.05) is 17.0 Å². The fourth-order valence-electron chi connectivity index (χ4n) is 3.73. The van der Waals surface area contributed by atoms with E-state index in [0.717, 1.165) is 51.0 Å². The van der Waals surface area contributed by atoms with Crippen LogP contribution in [0.3, 0.4) is 0 Å². The van der Waals surface area contributed by atoms with Gasteiger partial charge in [-0.05, 0) is 43.2 Å². The summed E-state index contributed by atoms with van der Waals surface area (Å²) in [7, 11) is 0. The second-order valence-electron chi connectivity index (χ2n) is 7.53. The van der Waals surface area contributed by atoms with Gasteiger partial charge in [0.05, 0.1) is 0 Å². The lowest BCUT2D eigenvalue weighted by Gasteiger charge is -2.33. The topological polar surface area (TPSA) is 47.9 Å². The lowest BCUT2D eigenvalue weighted by Crippen LogP contribution is -2.45. The number of hydrogen-bond donors (Lipinski definition) is 1. The molecule has 1 aromatic carbocycles. The van der Waals surface area contributed by atoms with Gasteiger partial charge in [0.1, 0.15) is 0 Å². The van der Waals surface area contributed by atoms with Gasteiger partial charge in [0.15, 0.2) is 5.96 Å². The van der Waals surface area contributed by atoms with E-state index < -0.39 is 0 Å². The normalized spacial score (nSPS) is 18.2. The quantitative estimate of drug-likeness (QED) is 0.501. The molecule has 142 valence electrons. The molecule has 1 aromatic rings. The Kier molecular flexibility index (Phi) is 6.53. The fraction of sp³-hybridized carbons (Fsp3) is 0.619. The van der Waals surface area contributed by atoms with Gasteiger partial charge in [0.2, 0.25) is 5.91 Å². The maximum Gasteiger partial charge on any atom is 0.223 e. The third kappa shape index (κ3) is 4.77. The van der Waals surface area contributed by atoms with E-state index in [-0.39, 0.29) is 5.91 Å². The summed E-state index contributed by atoms with van der Waals surface area (Å²) in [5.74, 6) is 2.07. The van der Waals surface area contributed by atoms with Gasteiger partial charge in [-0.25, -0.2) is 0 Å². The minimum atomic E-state index is 0.244.